The number of para-hydroxylation sites is 1. The molecule has 0 bridgehead atoms. The standard InChI is InChI=1S/C23H29Cl2N3O4S/c1-5-16-10-7-8-13-21(16)28(33(4,31)32)15-22(29)27(20(6-2)23(30)26-3)14-17-18(24)11-9-12-19(17)25/h7-13,20H,5-6,14-15H2,1-4H3,(H,26,30). The quantitative estimate of drug-likeness (QED) is 0.522. The number of nitrogens with one attached hydrogen (secondary N) is 1. The van der Waals surface area contributed by atoms with Crippen LogP contribution in [0.15, 0.2) is 42.5 Å². The highest BCUT2D eigenvalue weighted by Gasteiger charge is 2.32. The largest absolute Gasteiger partial charge is 0.357 e. The van der Waals surface area contributed by atoms with Gasteiger partial charge in [0.2, 0.25) is 21.8 Å². The summed E-state index contributed by atoms with van der Waals surface area (Å²) in [5.74, 6) is -0.911. The first kappa shape index (κ1) is 27.0. The van der Waals surface area contributed by atoms with Crippen molar-refractivity contribution in [1.82, 2.24) is 10.2 Å². The van der Waals surface area contributed by atoms with Crippen molar-refractivity contribution >= 4 is 50.7 Å². The van der Waals surface area contributed by atoms with Crippen LogP contribution in [0.25, 0.3) is 0 Å². The van der Waals surface area contributed by atoms with Crippen molar-refractivity contribution in [3.63, 3.8) is 0 Å². The van der Waals surface area contributed by atoms with Crippen LogP contribution < -0.4 is 9.62 Å². The van der Waals surface area contributed by atoms with Gasteiger partial charge < -0.3 is 10.2 Å². The molecular formula is C23H29Cl2N3O4S. The highest BCUT2D eigenvalue weighted by molar-refractivity contribution is 7.92. The Balaban J connectivity index is 2.52. The molecule has 2 aromatic carbocycles. The third kappa shape index (κ3) is 6.62. The van der Waals surface area contributed by atoms with Crippen molar-refractivity contribution in [2.24, 2.45) is 0 Å². The zero-order valence-electron chi connectivity index (χ0n) is 19.1. The van der Waals surface area contributed by atoms with Crippen molar-refractivity contribution < 1.29 is 18.0 Å². The summed E-state index contributed by atoms with van der Waals surface area (Å²) in [6, 6.07) is 11.2. The first-order chi connectivity index (χ1) is 15.5. The third-order valence-electron chi connectivity index (χ3n) is 5.34. The molecule has 0 aliphatic carbocycles. The molecule has 33 heavy (non-hydrogen) atoms. The van der Waals surface area contributed by atoms with Crippen LogP contribution in [0.4, 0.5) is 5.69 Å². The van der Waals surface area contributed by atoms with E-state index in [9.17, 15) is 18.0 Å². The van der Waals surface area contributed by atoms with Crippen molar-refractivity contribution in [2.45, 2.75) is 39.3 Å². The summed E-state index contributed by atoms with van der Waals surface area (Å²) >= 11 is 12.6. The number of sulfonamides is 1. The average Bonchev–Trinajstić information content (AvgIpc) is 2.77. The van der Waals surface area contributed by atoms with Gasteiger partial charge in [0.1, 0.15) is 12.6 Å². The number of anilines is 1. The van der Waals surface area contributed by atoms with Gasteiger partial charge in [-0.05, 0) is 36.6 Å². The molecular weight excluding hydrogens is 485 g/mol. The Morgan fingerprint density at radius 2 is 1.64 bits per heavy atom. The van der Waals surface area contributed by atoms with Gasteiger partial charge in [-0.3, -0.25) is 13.9 Å². The maximum atomic E-state index is 13.6. The maximum Gasteiger partial charge on any atom is 0.244 e. The van der Waals surface area contributed by atoms with Crippen LogP contribution in [0.2, 0.25) is 10.0 Å². The van der Waals surface area contributed by atoms with E-state index in [2.05, 4.69) is 5.32 Å². The predicted molar refractivity (Wildman–Crippen MR) is 133 cm³/mol. The van der Waals surface area contributed by atoms with Gasteiger partial charge in [-0.2, -0.15) is 0 Å². The molecule has 0 fully saturated rings. The fraction of sp³-hybridized carbons (Fsp3) is 0.391. The first-order valence-electron chi connectivity index (χ1n) is 10.5. The number of carbonyl (C=O) groups is 2. The number of aryl methyl sites for hydroxylation is 1. The number of amides is 2. The maximum absolute atomic E-state index is 13.6. The van der Waals surface area contributed by atoms with Gasteiger partial charge >= 0.3 is 0 Å². The second kappa shape index (κ2) is 11.7. The minimum absolute atomic E-state index is 0.0453. The van der Waals surface area contributed by atoms with Crippen molar-refractivity contribution in [3.8, 4) is 0 Å². The number of hydrogen-bond donors (Lipinski definition) is 1. The Bertz CT molecular complexity index is 1090. The Morgan fingerprint density at radius 3 is 2.15 bits per heavy atom. The lowest BCUT2D eigenvalue weighted by Gasteiger charge is -2.33. The summed E-state index contributed by atoms with van der Waals surface area (Å²) in [5.41, 5.74) is 1.70. The Hall–Kier alpha value is -2.29. The topological polar surface area (TPSA) is 86.8 Å². The van der Waals surface area contributed by atoms with Gasteiger partial charge in [-0.1, -0.05) is 61.3 Å². The number of hydrogen-bond acceptors (Lipinski definition) is 4. The number of likely N-dealkylation sites (N-methyl/N-ethyl adjacent to an activating group) is 1. The van der Waals surface area contributed by atoms with Crippen molar-refractivity contribution in [3.05, 3.63) is 63.6 Å². The molecule has 1 N–H and O–H groups in total. The molecule has 0 spiro atoms. The van der Waals surface area contributed by atoms with E-state index in [0.29, 0.717) is 34.1 Å². The summed E-state index contributed by atoms with van der Waals surface area (Å²) < 4.78 is 26.5. The number of rotatable bonds is 10. The van der Waals surface area contributed by atoms with Crippen LogP contribution in [0, 0.1) is 0 Å². The Morgan fingerprint density at radius 1 is 1.03 bits per heavy atom. The second-order valence-electron chi connectivity index (χ2n) is 7.51. The third-order valence-corrected chi connectivity index (χ3v) is 7.18. The molecule has 1 atom stereocenters. The molecule has 0 saturated carbocycles. The van der Waals surface area contributed by atoms with Gasteiger partial charge in [0.15, 0.2) is 0 Å². The summed E-state index contributed by atoms with van der Waals surface area (Å²) in [4.78, 5) is 27.5. The molecule has 0 saturated heterocycles. The molecule has 2 amide bonds. The smallest absolute Gasteiger partial charge is 0.244 e. The zero-order chi connectivity index (χ0) is 24.8. The van der Waals surface area contributed by atoms with Gasteiger partial charge in [0.25, 0.3) is 0 Å². The summed E-state index contributed by atoms with van der Waals surface area (Å²) in [7, 11) is -2.31. The van der Waals surface area contributed by atoms with Gasteiger partial charge in [-0.15, -0.1) is 0 Å². The molecule has 0 aliphatic heterocycles. The minimum atomic E-state index is -3.79. The fourth-order valence-corrected chi connectivity index (χ4v) is 4.99. The molecule has 180 valence electrons. The number of carbonyl (C=O) groups excluding carboxylic acids is 2. The predicted octanol–water partition coefficient (Wildman–Crippen LogP) is 3.88. The first-order valence-corrected chi connectivity index (χ1v) is 13.1. The van der Waals surface area contributed by atoms with Crippen molar-refractivity contribution in [1.29, 1.82) is 0 Å². The molecule has 0 heterocycles. The van der Waals surface area contributed by atoms with Crippen LogP contribution >= 0.6 is 23.2 Å². The molecule has 2 aromatic rings. The molecule has 10 heteroatoms. The minimum Gasteiger partial charge on any atom is -0.357 e. The van der Waals surface area contributed by atoms with E-state index < -0.39 is 28.5 Å². The van der Waals surface area contributed by atoms with Crippen LogP contribution in [-0.4, -0.2) is 51.0 Å². The van der Waals surface area contributed by atoms with Gasteiger partial charge in [0, 0.05) is 29.2 Å². The van der Waals surface area contributed by atoms with E-state index in [1.165, 1.54) is 11.9 Å². The van der Waals surface area contributed by atoms with Gasteiger partial charge in [-0.25, -0.2) is 8.42 Å². The molecule has 1 unspecified atom stereocenters. The molecule has 7 nitrogen and oxygen atoms in total. The summed E-state index contributed by atoms with van der Waals surface area (Å²) in [5, 5.41) is 3.27. The van der Waals surface area contributed by atoms with Crippen molar-refractivity contribution in [2.75, 3.05) is 24.2 Å². The Labute approximate surface area is 205 Å². The van der Waals surface area contributed by atoms with E-state index in [1.54, 1.807) is 37.3 Å². The Kier molecular flexibility index (Phi) is 9.57. The van der Waals surface area contributed by atoms with Crippen LogP contribution in [-0.2, 0) is 32.6 Å². The fourth-order valence-electron chi connectivity index (χ4n) is 3.59. The highest BCUT2D eigenvalue weighted by Crippen LogP contribution is 2.28. The van der Waals surface area contributed by atoms with E-state index in [4.69, 9.17) is 23.2 Å². The lowest BCUT2D eigenvalue weighted by molar-refractivity contribution is -0.140. The number of nitrogens with zero attached hydrogens (tertiary/aromatic N) is 2. The monoisotopic (exact) mass is 513 g/mol. The van der Waals surface area contributed by atoms with E-state index >= 15 is 0 Å². The lowest BCUT2D eigenvalue weighted by atomic mass is 10.1. The van der Waals surface area contributed by atoms with Crippen LogP contribution in [0.1, 0.15) is 31.4 Å². The van der Waals surface area contributed by atoms with E-state index in [-0.39, 0.29) is 12.5 Å². The molecule has 2 rings (SSSR count). The normalized spacial score (nSPS) is 12.2. The highest BCUT2D eigenvalue weighted by atomic mass is 35.5. The number of benzene rings is 2. The zero-order valence-corrected chi connectivity index (χ0v) is 21.5. The van der Waals surface area contributed by atoms with Gasteiger partial charge in [0.05, 0.1) is 11.9 Å². The summed E-state index contributed by atoms with van der Waals surface area (Å²) in [6.45, 7) is 3.17. The average molecular weight is 514 g/mol. The SMILES string of the molecule is CCc1ccccc1N(CC(=O)N(Cc1c(Cl)cccc1Cl)C(CC)C(=O)NC)S(C)(=O)=O. The van der Waals surface area contributed by atoms with E-state index in [0.717, 1.165) is 16.1 Å². The second-order valence-corrected chi connectivity index (χ2v) is 10.2. The molecule has 0 radical (unpaired) electrons. The van der Waals surface area contributed by atoms with Crippen LogP contribution in [0.5, 0.6) is 0 Å². The molecule has 0 aliphatic rings. The summed E-state index contributed by atoms with van der Waals surface area (Å²) in [6.07, 6.45) is 1.96. The number of halogens is 2. The molecule has 0 aromatic heterocycles. The van der Waals surface area contributed by atoms with E-state index in [1.807, 2.05) is 19.1 Å². The van der Waals surface area contributed by atoms with Crippen LogP contribution in [0.3, 0.4) is 0 Å². The lowest BCUT2D eigenvalue weighted by Crippen LogP contribution is -2.51.